The standard InChI is InChI=1S/C41H53N9O9S2/c1-23-35(51)46-31(14-16-60-2)37(53)49-34(39(55)47-32(40(56)57)17-24-18-43-22-44-24)21-61-20-33(38(54)45-23)48-36(52)30(13-7-8-15-42)50-41(58)59-19-29-27-11-5-3-9-25(27)26-10-4-6-12-28(26)29/h3-6,9-12,18,22-23,29-34H,7-8,13-17,19-21,42H2,1-2H3,(H,43,44)(H,45,54)(H,46,51)(H,47,55)(H,48,52)(H,49,53)(H,50,58)(H,56,57)/t23-,30-,31?,32-,33?,34?/m0/s1. The highest BCUT2D eigenvalue weighted by molar-refractivity contribution is 7.99. The average molecular weight is 880 g/mol. The molecule has 2 heterocycles. The van der Waals surface area contributed by atoms with Crippen LogP contribution in [0.15, 0.2) is 61.1 Å². The number of nitrogens with zero attached hydrogens (tertiary/aromatic N) is 1. The number of aromatic amines is 1. The van der Waals surface area contributed by atoms with E-state index in [1.807, 2.05) is 54.8 Å². The van der Waals surface area contributed by atoms with Gasteiger partial charge in [0.15, 0.2) is 0 Å². The number of hydrogen-bond donors (Lipinski definition) is 9. The minimum Gasteiger partial charge on any atom is -0.480 e. The Balaban J connectivity index is 1.31. The van der Waals surface area contributed by atoms with Crippen LogP contribution in [0.2, 0.25) is 0 Å². The summed E-state index contributed by atoms with van der Waals surface area (Å²) in [7, 11) is 0. The summed E-state index contributed by atoms with van der Waals surface area (Å²) < 4.78 is 5.72. The Morgan fingerprint density at radius 1 is 0.934 bits per heavy atom. The molecule has 0 radical (unpaired) electrons. The molecule has 6 atom stereocenters. The van der Waals surface area contributed by atoms with Gasteiger partial charge < -0.3 is 52.5 Å². The molecule has 61 heavy (non-hydrogen) atoms. The van der Waals surface area contributed by atoms with Crippen molar-refractivity contribution < 1.29 is 43.4 Å². The number of alkyl carbamates (subject to hydrolysis) is 1. The smallest absolute Gasteiger partial charge is 0.407 e. The van der Waals surface area contributed by atoms with E-state index in [-0.39, 0.29) is 43.3 Å². The summed E-state index contributed by atoms with van der Waals surface area (Å²) in [5.41, 5.74) is 10.3. The molecule has 0 spiro atoms. The van der Waals surface area contributed by atoms with Gasteiger partial charge in [-0.25, -0.2) is 14.6 Å². The lowest BCUT2D eigenvalue weighted by molar-refractivity contribution is -0.142. The number of fused-ring (bicyclic) bond motifs is 3. The third-order valence-electron chi connectivity index (χ3n) is 10.3. The van der Waals surface area contributed by atoms with Crippen molar-refractivity contribution in [2.75, 3.05) is 36.7 Å². The minimum absolute atomic E-state index is 0.0123. The molecule has 1 saturated heterocycles. The second-order valence-corrected chi connectivity index (χ2v) is 16.8. The first-order valence-electron chi connectivity index (χ1n) is 20.0. The van der Waals surface area contributed by atoms with E-state index >= 15 is 0 Å². The average Bonchev–Trinajstić information content (AvgIpc) is 3.88. The SMILES string of the molecule is CSCCC1NC(=O)[C@H](C)NC(=O)C(NC(=O)[C@H](CCCCN)NC(=O)OCC2c3ccccc3-c3ccccc32)CSCC(C(=O)N[C@@H](Cc2cnc[nH]2)C(=O)O)NC1=O. The molecule has 20 heteroatoms. The second kappa shape index (κ2) is 22.8. The van der Waals surface area contributed by atoms with Crippen LogP contribution in [0, 0.1) is 0 Å². The summed E-state index contributed by atoms with van der Waals surface area (Å²) in [6.07, 6.45) is 5.05. The first kappa shape index (κ1) is 46.5. The Bertz CT molecular complexity index is 1980. The first-order chi connectivity index (χ1) is 29.4. The van der Waals surface area contributed by atoms with Crippen LogP contribution < -0.4 is 37.6 Å². The lowest BCUT2D eigenvalue weighted by atomic mass is 9.98. The highest BCUT2D eigenvalue weighted by atomic mass is 32.2. The van der Waals surface area contributed by atoms with Gasteiger partial charge in [-0.3, -0.25) is 24.0 Å². The van der Waals surface area contributed by atoms with E-state index in [0.717, 1.165) is 34.0 Å². The molecule has 2 aliphatic rings. The van der Waals surface area contributed by atoms with Gasteiger partial charge in [-0.15, -0.1) is 0 Å². The summed E-state index contributed by atoms with van der Waals surface area (Å²) in [4.78, 5) is 101. The normalized spacial score (nSPS) is 20.4. The lowest BCUT2D eigenvalue weighted by Crippen LogP contribution is -2.59. The molecule has 2 aromatic carbocycles. The first-order valence-corrected chi connectivity index (χ1v) is 22.5. The number of H-pyrrole nitrogens is 1. The zero-order valence-corrected chi connectivity index (χ0v) is 35.6. The number of aliphatic carboxylic acids is 1. The quantitative estimate of drug-likeness (QED) is 0.0859. The number of rotatable bonds is 17. The van der Waals surface area contributed by atoms with Crippen LogP contribution in [0.5, 0.6) is 0 Å². The van der Waals surface area contributed by atoms with Gasteiger partial charge in [0.1, 0.15) is 42.9 Å². The van der Waals surface area contributed by atoms with Crippen molar-refractivity contribution in [2.24, 2.45) is 5.73 Å². The van der Waals surface area contributed by atoms with Crippen molar-refractivity contribution in [1.29, 1.82) is 0 Å². The van der Waals surface area contributed by atoms with Gasteiger partial charge in [-0.1, -0.05) is 48.5 Å². The van der Waals surface area contributed by atoms with Crippen molar-refractivity contribution in [2.45, 2.75) is 81.2 Å². The number of ether oxygens (including phenoxy) is 1. The molecular formula is C41H53N9O9S2. The van der Waals surface area contributed by atoms with E-state index in [9.17, 15) is 38.7 Å². The molecule has 0 saturated carbocycles. The lowest BCUT2D eigenvalue weighted by Gasteiger charge is -2.25. The Labute approximate surface area is 361 Å². The molecule has 1 aliphatic heterocycles. The highest BCUT2D eigenvalue weighted by Crippen LogP contribution is 2.44. The molecule has 1 aliphatic carbocycles. The van der Waals surface area contributed by atoms with Gasteiger partial charge in [0, 0.05) is 35.7 Å². The fourth-order valence-electron chi connectivity index (χ4n) is 7.03. The molecule has 6 amide bonds. The molecule has 10 N–H and O–H groups in total. The molecule has 0 bridgehead atoms. The number of carbonyl (C=O) groups excluding carboxylic acids is 6. The van der Waals surface area contributed by atoms with E-state index < -0.39 is 77.8 Å². The number of thioether (sulfide) groups is 2. The number of imidazole rings is 1. The number of unbranched alkanes of at least 4 members (excludes halogenated alkanes) is 1. The van der Waals surface area contributed by atoms with Crippen molar-refractivity contribution in [3.8, 4) is 11.1 Å². The van der Waals surface area contributed by atoms with Gasteiger partial charge >= 0.3 is 12.1 Å². The number of nitrogens with two attached hydrogens (primary N) is 1. The zero-order valence-electron chi connectivity index (χ0n) is 33.9. The van der Waals surface area contributed by atoms with Crippen LogP contribution in [0.25, 0.3) is 11.1 Å². The Morgan fingerprint density at radius 3 is 2.28 bits per heavy atom. The van der Waals surface area contributed by atoms with E-state index in [1.165, 1.54) is 31.2 Å². The number of amides is 6. The predicted molar refractivity (Wildman–Crippen MR) is 230 cm³/mol. The van der Waals surface area contributed by atoms with Gasteiger partial charge in [0.2, 0.25) is 29.5 Å². The van der Waals surface area contributed by atoms with Crippen LogP contribution in [0.4, 0.5) is 4.79 Å². The predicted octanol–water partition coefficient (Wildman–Crippen LogP) is 1.02. The van der Waals surface area contributed by atoms with E-state index in [2.05, 4.69) is 41.9 Å². The largest absolute Gasteiger partial charge is 0.480 e. The summed E-state index contributed by atoms with van der Waals surface area (Å²) in [6.45, 7) is 1.79. The maximum Gasteiger partial charge on any atom is 0.407 e. The molecular weight excluding hydrogens is 827 g/mol. The van der Waals surface area contributed by atoms with Crippen LogP contribution in [0.3, 0.4) is 0 Å². The van der Waals surface area contributed by atoms with E-state index in [4.69, 9.17) is 10.5 Å². The number of carbonyl (C=O) groups is 7. The molecule has 3 aromatic rings. The molecule has 3 unspecified atom stereocenters. The Hall–Kier alpha value is -5.60. The highest BCUT2D eigenvalue weighted by Gasteiger charge is 2.35. The van der Waals surface area contributed by atoms with Gasteiger partial charge in [-0.2, -0.15) is 23.5 Å². The minimum atomic E-state index is -1.38. The molecule has 5 rings (SSSR count). The maximum absolute atomic E-state index is 14.0. The van der Waals surface area contributed by atoms with Crippen molar-refractivity contribution in [3.05, 3.63) is 77.9 Å². The zero-order chi connectivity index (χ0) is 43.9. The topological polar surface area (TPSA) is 276 Å². The van der Waals surface area contributed by atoms with Crippen LogP contribution in [-0.2, 0) is 39.9 Å². The van der Waals surface area contributed by atoms with E-state index in [0.29, 0.717) is 30.8 Å². The van der Waals surface area contributed by atoms with Gasteiger partial charge in [0.25, 0.3) is 0 Å². The summed E-state index contributed by atoms with van der Waals surface area (Å²) in [5, 5.41) is 25.7. The fourth-order valence-corrected chi connectivity index (χ4v) is 8.58. The van der Waals surface area contributed by atoms with Crippen molar-refractivity contribution in [3.63, 3.8) is 0 Å². The Kier molecular flexibility index (Phi) is 17.4. The number of benzene rings is 2. The number of carboxylic acid groups (broad SMARTS) is 1. The summed E-state index contributed by atoms with van der Waals surface area (Å²) >= 11 is 2.47. The van der Waals surface area contributed by atoms with Gasteiger partial charge in [-0.05, 0) is 73.4 Å². The van der Waals surface area contributed by atoms with Crippen molar-refractivity contribution >= 4 is 65.1 Å². The maximum atomic E-state index is 14.0. The monoisotopic (exact) mass is 879 g/mol. The second-order valence-electron chi connectivity index (χ2n) is 14.7. The molecule has 328 valence electrons. The summed E-state index contributed by atoms with van der Waals surface area (Å²) in [5.74, 6) is -4.96. The number of nitrogens with one attached hydrogen (secondary N) is 7. The third kappa shape index (κ3) is 12.9. The number of carboxylic acids is 1. The van der Waals surface area contributed by atoms with Gasteiger partial charge in [0.05, 0.1) is 6.33 Å². The third-order valence-corrected chi connectivity index (χ3v) is 12.1. The molecule has 18 nitrogen and oxygen atoms in total. The fraction of sp³-hybridized carbons (Fsp3) is 0.463. The number of hydrogen-bond acceptors (Lipinski definition) is 12. The van der Waals surface area contributed by atoms with Crippen LogP contribution >= 0.6 is 23.5 Å². The molecule has 1 fully saturated rings. The van der Waals surface area contributed by atoms with Crippen LogP contribution in [0.1, 0.15) is 55.3 Å². The number of aromatic nitrogens is 2. The Morgan fingerprint density at radius 2 is 1.64 bits per heavy atom. The van der Waals surface area contributed by atoms with Crippen molar-refractivity contribution in [1.82, 2.24) is 41.9 Å². The molecule has 1 aromatic heterocycles. The summed E-state index contributed by atoms with van der Waals surface area (Å²) in [6, 6.07) is 8.43. The van der Waals surface area contributed by atoms with E-state index in [1.54, 1.807) is 0 Å². The van der Waals surface area contributed by atoms with Crippen LogP contribution in [-0.4, -0.2) is 130 Å².